The Morgan fingerprint density at radius 1 is 0.733 bits per heavy atom. The summed E-state index contributed by atoms with van der Waals surface area (Å²) in [7, 11) is -3.78. The Kier molecular flexibility index (Phi) is 14.7. The van der Waals surface area contributed by atoms with Crippen LogP contribution >= 0.6 is 0 Å². The van der Waals surface area contributed by atoms with Crippen molar-refractivity contribution < 1.29 is 27.2 Å². The molecular formula is C21H50O6Si3. The molecule has 9 heteroatoms. The summed E-state index contributed by atoms with van der Waals surface area (Å²) >= 11 is 0. The smallest absolute Gasteiger partial charge is 0.314 e. The molecule has 182 valence electrons. The summed E-state index contributed by atoms with van der Waals surface area (Å²) in [6.07, 6.45) is 2.27. The molecule has 6 nitrogen and oxygen atoms in total. The van der Waals surface area contributed by atoms with Crippen molar-refractivity contribution in [1.29, 1.82) is 0 Å². The summed E-state index contributed by atoms with van der Waals surface area (Å²) in [6, 6.07) is 0.965. The number of hydrogen-bond donors (Lipinski definition) is 0. The summed E-state index contributed by atoms with van der Waals surface area (Å²) in [5.74, 6) is 0. The highest BCUT2D eigenvalue weighted by atomic mass is 28.5. The Labute approximate surface area is 189 Å². The molecule has 0 N–H and O–H groups in total. The number of ether oxygens (including phenoxy) is 4. The van der Waals surface area contributed by atoms with Crippen molar-refractivity contribution in [1.82, 2.24) is 0 Å². The van der Waals surface area contributed by atoms with E-state index in [4.69, 9.17) is 27.2 Å². The van der Waals surface area contributed by atoms with Gasteiger partial charge in [0.05, 0.1) is 44.7 Å². The second-order valence-corrected chi connectivity index (χ2v) is 23.1. The second kappa shape index (κ2) is 14.5. The maximum absolute atomic E-state index is 6.56. The van der Waals surface area contributed by atoms with E-state index in [-0.39, 0.29) is 18.3 Å². The zero-order valence-corrected chi connectivity index (χ0v) is 24.6. The van der Waals surface area contributed by atoms with Gasteiger partial charge in [0, 0.05) is 7.11 Å². The lowest BCUT2D eigenvalue weighted by Gasteiger charge is -2.39. The largest absolute Gasteiger partial charge is 0.437 e. The van der Waals surface area contributed by atoms with E-state index in [0.29, 0.717) is 26.4 Å². The summed E-state index contributed by atoms with van der Waals surface area (Å²) in [5.41, 5.74) is 0. The molecule has 30 heavy (non-hydrogen) atoms. The average molecular weight is 483 g/mol. The molecule has 0 aliphatic rings. The zero-order valence-electron chi connectivity index (χ0n) is 21.6. The molecule has 0 aromatic carbocycles. The molecule has 0 saturated heterocycles. The van der Waals surface area contributed by atoms with Gasteiger partial charge in [0.25, 0.3) is 0 Å². The molecule has 0 aromatic heterocycles. The van der Waals surface area contributed by atoms with Crippen molar-refractivity contribution in [2.75, 3.05) is 33.5 Å². The molecule has 0 amide bonds. The lowest BCUT2D eigenvalue weighted by Crippen LogP contribution is -2.52. The third-order valence-electron chi connectivity index (χ3n) is 4.39. The fourth-order valence-corrected chi connectivity index (χ4v) is 15.8. The second-order valence-electron chi connectivity index (χ2n) is 10.3. The third kappa shape index (κ3) is 17.0. The Morgan fingerprint density at radius 3 is 1.77 bits per heavy atom. The highest BCUT2D eigenvalue weighted by Gasteiger charge is 2.40. The molecule has 0 rings (SSSR count). The summed E-state index contributed by atoms with van der Waals surface area (Å²) in [5, 5.41) is 0. The lowest BCUT2D eigenvalue weighted by molar-refractivity contribution is -0.0620. The predicted molar refractivity (Wildman–Crippen MR) is 133 cm³/mol. The fraction of sp³-hybridized carbons (Fsp3) is 1.00. The first-order chi connectivity index (χ1) is 13.7. The molecule has 0 bridgehead atoms. The average Bonchev–Trinajstić information content (AvgIpc) is 2.57. The molecule has 0 aliphatic heterocycles. The predicted octanol–water partition coefficient (Wildman–Crippen LogP) is 5.40. The number of methoxy groups -OCH3 is 1. The molecular weight excluding hydrogens is 432 g/mol. The summed E-state index contributed by atoms with van der Waals surface area (Å²) < 4.78 is 35.9. The van der Waals surface area contributed by atoms with Crippen LogP contribution in [0, 0.1) is 0 Å². The zero-order chi connectivity index (χ0) is 23.4. The topological polar surface area (TPSA) is 55.4 Å². The lowest BCUT2D eigenvalue weighted by atomic mass is 10.3. The van der Waals surface area contributed by atoms with Gasteiger partial charge < -0.3 is 27.2 Å². The van der Waals surface area contributed by atoms with E-state index in [2.05, 4.69) is 59.7 Å². The first-order valence-electron chi connectivity index (χ1n) is 11.4. The Hall–Kier alpha value is 0.411. The van der Waals surface area contributed by atoms with E-state index in [9.17, 15) is 0 Å². The molecule has 0 radical (unpaired) electrons. The van der Waals surface area contributed by atoms with Crippen molar-refractivity contribution >= 4 is 25.2 Å². The van der Waals surface area contributed by atoms with Crippen molar-refractivity contribution in [2.45, 2.75) is 104 Å². The minimum Gasteiger partial charge on any atom is -0.437 e. The SMILES string of the molecule is CCC(COC(C)COCCOC(C)CC[Si](C)(O[Si](C)(C)C)O[Si](C)(C)C)OC. The standard InChI is InChI=1S/C21H50O6Si3/c1-12-21(22-4)18-25-20(3)17-23-14-15-24-19(2)13-16-30(11,26-28(5,6)7)27-29(8,9)10/h19-21H,12-18H2,1-11H3. The van der Waals surface area contributed by atoms with Crippen LogP contribution in [0.25, 0.3) is 0 Å². The molecule has 0 saturated carbocycles. The van der Waals surface area contributed by atoms with Crippen LogP contribution in [0.2, 0.25) is 51.9 Å². The Balaban J connectivity index is 4.17. The molecule has 3 atom stereocenters. The van der Waals surface area contributed by atoms with Gasteiger partial charge in [-0.05, 0) is 78.6 Å². The van der Waals surface area contributed by atoms with Gasteiger partial charge in [-0.15, -0.1) is 0 Å². The van der Waals surface area contributed by atoms with Crippen molar-refractivity contribution in [3.05, 3.63) is 0 Å². The number of hydrogen-bond acceptors (Lipinski definition) is 6. The van der Waals surface area contributed by atoms with Crippen molar-refractivity contribution in [3.8, 4) is 0 Å². The van der Waals surface area contributed by atoms with Gasteiger partial charge in [-0.1, -0.05) is 6.92 Å². The van der Waals surface area contributed by atoms with Gasteiger partial charge in [-0.25, -0.2) is 0 Å². The van der Waals surface area contributed by atoms with Gasteiger partial charge >= 0.3 is 8.56 Å². The van der Waals surface area contributed by atoms with Gasteiger partial charge in [0.2, 0.25) is 0 Å². The van der Waals surface area contributed by atoms with E-state index < -0.39 is 25.2 Å². The minimum atomic E-state index is -2.19. The molecule has 0 spiro atoms. The van der Waals surface area contributed by atoms with Crippen LogP contribution in [0.1, 0.15) is 33.6 Å². The first kappa shape index (κ1) is 30.4. The number of rotatable bonds is 18. The maximum atomic E-state index is 6.56. The summed E-state index contributed by atoms with van der Waals surface area (Å²) in [4.78, 5) is 0. The minimum absolute atomic E-state index is 0.0516. The normalized spacial score (nSPS) is 16.5. The van der Waals surface area contributed by atoms with Gasteiger partial charge in [-0.2, -0.15) is 0 Å². The van der Waals surface area contributed by atoms with E-state index in [1.807, 2.05) is 6.92 Å². The van der Waals surface area contributed by atoms with E-state index in [1.165, 1.54) is 0 Å². The molecule has 0 heterocycles. The molecule has 0 fully saturated rings. The first-order valence-corrected chi connectivity index (χ1v) is 20.8. The van der Waals surface area contributed by atoms with Crippen molar-refractivity contribution in [2.24, 2.45) is 0 Å². The van der Waals surface area contributed by atoms with Crippen molar-refractivity contribution in [3.63, 3.8) is 0 Å². The molecule has 0 aromatic rings. The van der Waals surface area contributed by atoms with Crippen LogP contribution in [-0.4, -0.2) is 77.0 Å². The van der Waals surface area contributed by atoms with E-state index in [0.717, 1.165) is 18.9 Å². The fourth-order valence-electron chi connectivity index (χ4n) is 3.20. The maximum Gasteiger partial charge on any atom is 0.314 e. The quantitative estimate of drug-likeness (QED) is 0.192. The van der Waals surface area contributed by atoms with E-state index >= 15 is 0 Å². The van der Waals surface area contributed by atoms with Crippen LogP contribution in [0.4, 0.5) is 0 Å². The van der Waals surface area contributed by atoms with Gasteiger partial charge in [0.15, 0.2) is 16.6 Å². The molecule has 0 aliphatic carbocycles. The van der Waals surface area contributed by atoms with Crippen LogP contribution in [-0.2, 0) is 27.2 Å². The van der Waals surface area contributed by atoms with Crippen LogP contribution in [0.5, 0.6) is 0 Å². The van der Waals surface area contributed by atoms with Crippen LogP contribution < -0.4 is 0 Å². The Morgan fingerprint density at radius 2 is 1.30 bits per heavy atom. The third-order valence-corrected chi connectivity index (χ3v) is 13.9. The van der Waals surface area contributed by atoms with Crippen LogP contribution in [0.3, 0.4) is 0 Å². The van der Waals surface area contributed by atoms with Gasteiger partial charge in [-0.3, -0.25) is 0 Å². The Bertz CT molecular complexity index is 419. The monoisotopic (exact) mass is 482 g/mol. The highest BCUT2D eigenvalue weighted by molar-refractivity contribution is 6.87. The van der Waals surface area contributed by atoms with Gasteiger partial charge in [0.1, 0.15) is 0 Å². The molecule has 3 unspecified atom stereocenters. The van der Waals surface area contributed by atoms with Crippen LogP contribution in [0.15, 0.2) is 0 Å². The summed E-state index contributed by atoms with van der Waals surface area (Å²) in [6.45, 7) is 24.3. The highest BCUT2D eigenvalue weighted by Crippen LogP contribution is 2.26. The van der Waals surface area contributed by atoms with E-state index in [1.54, 1.807) is 7.11 Å².